The number of ketones is 1. The van der Waals surface area contributed by atoms with Crippen LogP contribution in [0.25, 0.3) is 0 Å². The Kier molecular flexibility index (Phi) is 8.14. The minimum Gasteiger partial charge on any atom is -0.454 e. The molecule has 0 bridgehead atoms. The molecule has 186 valence electrons. The highest BCUT2D eigenvalue weighted by Gasteiger charge is 2.28. The van der Waals surface area contributed by atoms with Gasteiger partial charge in [-0.2, -0.15) is 0 Å². The number of sulfonamides is 1. The number of esters is 1. The van der Waals surface area contributed by atoms with Gasteiger partial charge in [-0.05, 0) is 51.1 Å². The first-order valence-corrected chi connectivity index (χ1v) is 12.5. The Hall–Kier alpha value is -3.43. The fourth-order valence-electron chi connectivity index (χ4n) is 4.12. The van der Waals surface area contributed by atoms with E-state index in [-0.39, 0.29) is 22.3 Å². The third-order valence-electron chi connectivity index (χ3n) is 5.83. The summed E-state index contributed by atoms with van der Waals surface area (Å²) in [5.74, 6) is -1.26. The molecule has 1 aromatic heterocycles. The van der Waals surface area contributed by atoms with Gasteiger partial charge in [0.15, 0.2) is 6.61 Å². The normalized spacial score (nSPS) is 12.3. The van der Waals surface area contributed by atoms with Gasteiger partial charge in [0.2, 0.25) is 5.78 Å². The summed E-state index contributed by atoms with van der Waals surface area (Å²) in [6.07, 6.45) is 0. The van der Waals surface area contributed by atoms with Crippen molar-refractivity contribution in [1.29, 1.82) is 0 Å². The number of methoxy groups -OCH3 is 1. The summed E-state index contributed by atoms with van der Waals surface area (Å²) in [6, 6.07) is 16.1. The molecule has 0 aliphatic rings. The fourth-order valence-corrected chi connectivity index (χ4v) is 5.50. The monoisotopic (exact) mass is 498 g/mol. The summed E-state index contributed by atoms with van der Waals surface area (Å²) in [4.78, 5) is 25.6. The van der Waals surface area contributed by atoms with Gasteiger partial charge < -0.3 is 14.0 Å². The minimum atomic E-state index is -4.05. The average molecular weight is 499 g/mol. The van der Waals surface area contributed by atoms with E-state index in [2.05, 4.69) is 0 Å². The Morgan fingerprint density at radius 1 is 1.00 bits per heavy atom. The van der Waals surface area contributed by atoms with E-state index in [0.29, 0.717) is 17.9 Å². The van der Waals surface area contributed by atoms with Crippen molar-refractivity contribution < 1.29 is 27.5 Å². The summed E-state index contributed by atoms with van der Waals surface area (Å²) in [5.41, 5.74) is 2.40. The lowest BCUT2D eigenvalue weighted by Gasteiger charge is -2.20. The second-order valence-electron chi connectivity index (χ2n) is 8.26. The third-order valence-corrected chi connectivity index (χ3v) is 7.68. The highest BCUT2D eigenvalue weighted by molar-refractivity contribution is 7.92. The molecule has 0 amide bonds. The summed E-state index contributed by atoms with van der Waals surface area (Å²) >= 11 is 0. The first-order valence-electron chi connectivity index (χ1n) is 11.1. The Bertz CT molecular complexity index is 1310. The molecule has 1 atom stereocenters. The van der Waals surface area contributed by atoms with Gasteiger partial charge in [0.1, 0.15) is 4.90 Å². The van der Waals surface area contributed by atoms with E-state index in [1.165, 1.54) is 25.2 Å². The van der Waals surface area contributed by atoms with Crippen molar-refractivity contribution in [2.75, 3.05) is 31.7 Å². The zero-order valence-corrected chi connectivity index (χ0v) is 21.3. The molecular weight excluding hydrogens is 468 g/mol. The Balaban J connectivity index is 1.80. The van der Waals surface area contributed by atoms with Crippen molar-refractivity contribution in [1.82, 2.24) is 4.57 Å². The van der Waals surface area contributed by atoms with Crippen LogP contribution in [0.3, 0.4) is 0 Å². The Labute approximate surface area is 206 Å². The lowest BCUT2D eigenvalue weighted by atomic mass is 10.1. The number of ether oxygens (including phenoxy) is 2. The maximum atomic E-state index is 13.3. The van der Waals surface area contributed by atoms with Crippen LogP contribution >= 0.6 is 0 Å². The van der Waals surface area contributed by atoms with Crippen LogP contribution in [0.1, 0.15) is 45.1 Å². The molecule has 3 rings (SSSR count). The number of carbonyl (C=O) groups excluding carboxylic acids is 2. The molecule has 8 nitrogen and oxygen atoms in total. The van der Waals surface area contributed by atoms with Crippen molar-refractivity contribution in [3.8, 4) is 0 Å². The largest absolute Gasteiger partial charge is 0.454 e. The van der Waals surface area contributed by atoms with E-state index in [9.17, 15) is 18.0 Å². The minimum absolute atomic E-state index is 0.0304. The fraction of sp³-hybridized carbons (Fsp3) is 0.308. The predicted molar refractivity (Wildman–Crippen MR) is 134 cm³/mol. The first kappa shape index (κ1) is 26.2. The zero-order valence-electron chi connectivity index (χ0n) is 20.5. The van der Waals surface area contributed by atoms with Gasteiger partial charge in [-0.15, -0.1) is 0 Å². The number of Topliss-reactive ketones (excluding diaryl/α,β-unsaturated/α-hetero) is 1. The van der Waals surface area contributed by atoms with Crippen molar-refractivity contribution in [2.24, 2.45) is 0 Å². The Morgan fingerprint density at radius 3 is 2.29 bits per heavy atom. The van der Waals surface area contributed by atoms with Crippen molar-refractivity contribution in [3.05, 3.63) is 83.2 Å². The van der Waals surface area contributed by atoms with Crippen molar-refractivity contribution >= 4 is 27.5 Å². The van der Waals surface area contributed by atoms with Crippen LogP contribution in [-0.2, 0) is 19.5 Å². The van der Waals surface area contributed by atoms with E-state index < -0.39 is 22.6 Å². The highest BCUT2D eigenvalue weighted by Crippen LogP contribution is 2.25. The second kappa shape index (κ2) is 10.9. The summed E-state index contributed by atoms with van der Waals surface area (Å²) in [5, 5.41) is 0. The molecule has 0 aliphatic carbocycles. The number of carbonyl (C=O) groups is 2. The summed E-state index contributed by atoms with van der Waals surface area (Å²) < 4.78 is 40.1. The number of benzene rings is 2. The third kappa shape index (κ3) is 5.47. The van der Waals surface area contributed by atoms with Crippen molar-refractivity contribution in [2.45, 2.75) is 31.7 Å². The lowest BCUT2D eigenvalue weighted by Crippen LogP contribution is -2.28. The first-order chi connectivity index (χ1) is 16.6. The number of para-hydroxylation sites is 1. The number of aryl methyl sites for hydroxylation is 1. The molecule has 35 heavy (non-hydrogen) atoms. The molecule has 0 spiro atoms. The summed E-state index contributed by atoms with van der Waals surface area (Å²) in [6.45, 7) is 5.69. The standard InChI is InChI=1S/C26H30N2O6S/c1-18-15-23(20(3)28(18)19(2)16-33-5)24(29)17-34-26(30)22-13-9-10-14-25(22)35(31,32)27(4)21-11-7-6-8-12-21/h6-15,19H,16-17H2,1-5H3. The van der Waals surface area contributed by atoms with Crippen LogP contribution in [0.2, 0.25) is 0 Å². The molecule has 0 saturated heterocycles. The number of aromatic nitrogens is 1. The van der Waals surface area contributed by atoms with Crippen LogP contribution in [0, 0.1) is 13.8 Å². The van der Waals surface area contributed by atoms with Gasteiger partial charge in [0.05, 0.1) is 23.9 Å². The van der Waals surface area contributed by atoms with E-state index in [4.69, 9.17) is 9.47 Å². The quantitative estimate of drug-likeness (QED) is 0.307. The van der Waals surface area contributed by atoms with Crippen LogP contribution in [-0.4, -0.2) is 52.1 Å². The van der Waals surface area contributed by atoms with Gasteiger partial charge in [0, 0.05) is 31.1 Å². The molecule has 0 fully saturated rings. The van der Waals surface area contributed by atoms with Gasteiger partial charge in [-0.3, -0.25) is 9.10 Å². The van der Waals surface area contributed by atoms with Gasteiger partial charge in [-0.1, -0.05) is 30.3 Å². The second-order valence-corrected chi connectivity index (χ2v) is 10.2. The number of rotatable bonds is 10. The van der Waals surface area contributed by atoms with Crippen LogP contribution < -0.4 is 4.31 Å². The summed E-state index contributed by atoms with van der Waals surface area (Å²) in [7, 11) is -1.02. The molecule has 1 heterocycles. The molecule has 0 saturated carbocycles. The molecule has 3 aromatic rings. The molecule has 0 N–H and O–H groups in total. The van der Waals surface area contributed by atoms with E-state index >= 15 is 0 Å². The van der Waals surface area contributed by atoms with Gasteiger partial charge in [0.25, 0.3) is 10.0 Å². The SMILES string of the molecule is COCC(C)n1c(C)cc(C(=O)COC(=O)c2ccccc2S(=O)(=O)N(C)c2ccccc2)c1C. The number of anilines is 1. The van der Waals surface area contributed by atoms with E-state index in [0.717, 1.165) is 15.7 Å². The van der Waals surface area contributed by atoms with Crippen LogP contribution in [0.4, 0.5) is 5.69 Å². The molecule has 0 radical (unpaired) electrons. The number of hydrogen-bond donors (Lipinski definition) is 0. The maximum Gasteiger partial charge on any atom is 0.339 e. The smallest absolute Gasteiger partial charge is 0.339 e. The average Bonchev–Trinajstić information content (AvgIpc) is 3.16. The molecule has 0 aliphatic heterocycles. The van der Waals surface area contributed by atoms with Crippen LogP contribution in [0.5, 0.6) is 0 Å². The highest BCUT2D eigenvalue weighted by atomic mass is 32.2. The molecular formula is C26H30N2O6S. The maximum absolute atomic E-state index is 13.3. The van der Waals surface area contributed by atoms with Gasteiger partial charge >= 0.3 is 5.97 Å². The predicted octanol–water partition coefficient (Wildman–Crippen LogP) is 4.18. The molecule has 1 unspecified atom stereocenters. The lowest BCUT2D eigenvalue weighted by molar-refractivity contribution is 0.0470. The topological polar surface area (TPSA) is 94.9 Å². The van der Waals surface area contributed by atoms with Crippen LogP contribution in [0.15, 0.2) is 65.6 Å². The zero-order chi connectivity index (χ0) is 25.8. The van der Waals surface area contributed by atoms with E-state index in [1.54, 1.807) is 49.6 Å². The Morgan fingerprint density at radius 2 is 1.63 bits per heavy atom. The van der Waals surface area contributed by atoms with Gasteiger partial charge in [-0.25, -0.2) is 13.2 Å². The number of nitrogens with zero attached hydrogens (tertiary/aromatic N) is 2. The van der Waals surface area contributed by atoms with Crippen molar-refractivity contribution in [3.63, 3.8) is 0 Å². The van der Waals surface area contributed by atoms with E-state index in [1.807, 2.05) is 25.3 Å². The number of hydrogen-bond acceptors (Lipinski definition) is 6. The molecule has 9 heteroatoms. The molecule has 2 aromatic carbocycles.